The molecule has 0 amide bonds. The molecule has 0 aromatic heterocycles. The predicted molar refractivity (Wildman–Crippen MR) is 41.2 cm³/mol. The lowest BCUT2D eigenvalue weighted by molar-refractivity contribution is -0.170. The summed E-state index contributed by atoms with van der Waals surface area (Å²) < 4.78 is 10.4. The lowest BCUT2D eigenvalue weighted by Crippen LogP contribution is -2.37. The molecule has 11 heavy (non-hydrogen) atoms. The SMILES string of the molecule is CCC1(CCO)COCOC1. The largest absolute Gasteiger partial charge is 0.396 e. The van der Waals surface area contributed by atoms with Crippen LogP contribution in [0.15, 0.2) is 0 Å². The van der Waals surface area contributed by atoms with Gasteiger partial charge in [0.2, 0.25) is 0 Å². The van der Waals surface area contributed by atoms with Gasteiger partial charge in [-0.05, 0) is 12.8 Å². The molecule has 0 aliphatic carbocycles. The molecule has 0 unspecified atom stereocenters. The van der Waals surface area contributed by atoms with Gasteiger partial charge in [0.1, 0.15) is 6.79 Å². The van der Waals surface area contributed by atoms with E-state index in [0.29, 0.717) is 6.79 Å². The van der Waals surface area contributed by atoms with Crippen LogP contribution < -0.4 is 0 Å². The molecular weight excluding hydrogens is 144 g/mol. The van der Waals surface area contributed by atoms with Crippen molar-refractivity contribution >= 4 is 0 Å². The van der Waals surface area contributed by atoms with Crippen LogP contribution in [0.4, 0.5) is 0 Å². The van der Waals surface area contributed by atoms with Crippen molar-refractivity contribution in [2.45, 2.75) is 19.8 Å². The molecule has 3 heteroatoms. The Kier molecular flexibility index (Phi) is 3.30. The number of ether oxygens (including phenoxy) is 2. The first-order valence-electron chi connectivity index (χ1n) is 4.09. The number of hydrogen-bond donors (Lipinski definition) is 1. The van der Waals surface area contributed by atoms with Crippen LogP contribution in [0, 0.1) is 5.41 Å². The Morgan fingerprint density at radius 1 is 1.36 bits per heavy atom. The van der Waals surface area contributed by atoms with Gasteiger partial charge in [0.05, 0.1) is 13.2 Å². The first-order chi connectivity index (χ1) is 5.33. The number of hydrogen-bond acceptors (Lipinski definition) is 3. The first kappa shape index (κ1) is 8.97. The van der Waals surface area contributed by atoms with Gasteiger partial charge in [-0.3, -0.25) is 0 Å². The Labute approximate surface area is 67.3 Å². The van der Waals surface area contributed by atoms with Crippen LogP contribution in [0.5, 0.6) is 0 Å². The van der Waals surface area contributed by atoms with Gasteiger partial charge < -0.3 is 14.6 Å². The smallest absolute Gasteiger partial charge is 0.146 e. The molecule has 0 aromatic carbocycles. The van der Waals surface area contributed by atoms with Crippen LogP contribution in [0.2, 0.25) is 0 Å². The Bertz CT molecular complexity index is 102. The maximum Gasteiger partial charge on any atom is 0.146 e. The van der Waals surface area contributed by atoms with E-state index >= 15 is 0 Å². The Morgan fingerprint density at radius 3 is 2.45 bits per heavy atom. The van der Waals surface area contributed by atoms with E-state index in [4.69, 9.17) is 14.6 Å². The quantitative estimate of drug-likeness (QED) is 0.662. The maximum atomic E-state index is 8.80. The molecule has 1 heterocycles. The maximum absolute atomic E-state index is 8.80. The van der Waals surface area contributed by atoms with Crippen LogP contribution in [0.1, 0.15) is 19.8 Å². The van der Waals surface area contributed by atoms with Crippen LogP contribution in [0.25, 0.3) is 0 Å². The van der Waals surface area contributed by atoms with Gasteiger partial charge in [-0.2, -0.15) is 0 Å². The van der Waals surface area contributed by atoms with E-state index in [9.17, 15) is 0 Å². The van der Waals surface area contributed by atoms with Crippen molar-refractivity contribution in [3.63, 3.8) is 0 Å². The minimum atomic E-state index is 0.0764. The van der Waals surface area contributed by atoms with E-state index < -0.39 is 0 Å². The minimum absolute atomic E-state index is 0.0764. The molecule has 1 aliphatic heterocycles. The third-order valence-electron chi connectivity index (χ3n) is 2.38. The van der Waals surface area contributed by atoms with Crippen LogP contribution in [-0.4, -0.2) is 31.7 Å². The summed E-state index contributed by atoms with van der Waals surface area (Å²) in [5.41, 5.74) is 0.0764. The second-order valence-electron chi connectivity index (χ2n) is 3.14. The summed E-state index contributed by atoms with van der Waals surface area (Å²) in [5.74, 6) is 0. The van der Waals surface area contributed by atoms with Gasteiger partial charge in [0.25, 0.3) is 0 Å². The van der Waals surface area contributed by atoms with Crippen molar-refractivity contribution in [2.24, 2.45) is 5.41 Å². The summed E-state index contributed by atoms with van der Waals surface area (Å²) in [7, 11) is 0. The van der Waals surface area contributed by atoms with Crippen molar-refractivity contribution in [3.8, 4) is 0 Å². The van der Waals surface area contributed by atoms with Crippen LogP contribution in [0.3, 0.4) is 0 Å². The molecule has 1 aliphatic rings. The summed E-state index contributed by atoms with van der Waals surface area (Å²) in [5, 5.41) is 8.80. The second kappa shape index (κ2) is 4.04. The summed E-state index contributed by atoms with van der Waals surface area (Å²) in [4.78, 5) is 0. The Hall–Kier alpha value is -0.120. The van der Waals surface area contributed by atoms with E-state index in [1.165, 1.54) is 0 Å². The van der Waals surface area contributed by atoms with E-state index in [0.717, 1.165) is 26.1 Å². The van der Waals surface area contributed by atoms with Crippen molar-refractivity contribution in [3.05, 3.63) is 0 Å². The molecule has 66 valence electrons. The highest BCUT2D eigenvalue weighted by molar-refractivity contribution is 4.78. The van der Waals surface area contributed by atoms with Gasteiger partial charge >= 0.3 is 0 Å². The normalized spacial score (nSPS) is 23.5. The average molecular weight is 160 g/mol. The van der Waals surface area contributed by atoms with Crippen molar-refractivity contribution in [2.75, 3.05) is 26.6 Å². The molecule has 3 nitrogen and oxygen atoms in total. The summed E-state index contributed by atoms with van der Waals surface area (Å²) in [6.07, 6.45) is 1.79. The third-order valence-corrected chi connectivity index (χ3v) is 2.38. The molecular formula is C8H16O3. The van der Waals surface area contributed by atoms with Crippen molar-refractivity contribution < 1.29 is 14.6 Å². The van der Waals surface area contributed by atoms with Crippen molar-refractivity contribution in [1.82, 2.24) is 0 Å². The van der Waals surface area contributed by atoms with E-state index in [2.05, 4.69) is 6.92 Å². The molecule has 0 radical (unpaired) electrons. The molecule has 0 aromatic rings. The van der Waals surface area contributed by atoms with E-state index in [1.54, 1.807) is 0 Å². The molecule has 0 saturated carbocycles. The molecule has 1 fully saturated rings. The second-order valence-corrected chi connectivity index (χ2v) is 3.14. The minimum Gasteiger partial charge on any atom is -0.396 e. The monoisotopic (exact) mass is 160 g/mol. The summed E-state index contributed by atoms with van der Waals surface area (Å²) in [6.45, 7) is 4.19. The average Bonchev–Trinajstić information content (AvgIpc) is 2.07. The first-order valence-corrected chi connectivity index (χ1v) is 4.09. The van der Waals surface area contributed by atoms with Crippen LogP contribution in [-0.2, 0) is 9.47 Å². The lowest BCUT2D eigenvalue weighted by Gasteiger charge is -2.35. The molecule has 1 N–H and O–H groups in total. The third kappa shape index (κ3) is 2.15. The summed E-state index contributed by atoms with van der Waals surface area (Å²) >= 11 is 0. The molecule has 0 spiro atoms. The molecule has 1 rings (SSSR count). The van der Waals surface area contributed by atoms with E-state index in [-0.39, 0.29) is 12.0 Å². The van der Waals surface area contributed by atoms with E-state index in [1.807, 2.05) is 0 Å². The molecule has 0 atom stereocenters. The number of aliphatic hydroxyl groups is 1. The lowest BCUT2D eigenvalue weighted by atomic mass is 9.83. The highest BCUT2D eigenvalue weighted by Crippen LogP contribution is 2.29. The zero-order chi connectivity index (χ0) is 8.16. The molecule has 1 saturated heterocycles. The fourth-order valence-electron chi connectivity index (χ4n) is 1.38. The standard InChI is InChI=1S/C8H16O3/c1-2-8(3-4-9)5-10-7-11-6-8/h9H,2-7H2,1H3. The van der Waals surface area contributed by atoms with Gasteiger partial charge in [-0.25, -0.2) is 0 Å². The number of aliphatic hydroxyl groups excluding tert-OH is 1. The Balaban J connectivity index is 2.42. The molecule has 0 bridgehead atoms. The zero-order valence-corrected chi connectivity index (χ0v) is 7.01. The summed E-state index contributed by atoms with van der Waals surface area (Å²) in [6, 6.07) is 0. The number of rotatable bonds is 3. The highest BCUT2D eigenvalue weighted by atomic mass is 16.7. The van der Waals surface area contributed by atoms with Gasteiger partial charge in [0.15, 0.2) is 0 Å². The highest BCUT2D eigenvalue weighted by Gasteiger charge is 2.31. The van der Waals surface area contributed by atoms with Crippen molar-refractivity contribution in [1.29, 1.82) is 0 Å². The zero-order valence-electron chi connectivity index (χ0n) is 7.01. The fraction of sp³-hybridized carbons (Fsp3) is 1.00. The predicted octanol–water partition coefficient (Wildman–Crippen LogP) is 0.770. The van der Waals surface area contributed by atoms with Gasteiger partial charge in [-0.1, -0.05) is 6.92 Å². The van der Waals surface area contributed by atoms with Gasteiger partial charge in [0, 0.05) is 12.0 Å². The fourth-order valence-corrected chi connectivity index (χ4v) is 1.38. The van der Waals surface area contributed by atoms with Crippen LogP contribution >= 0.6 is 0 Å². The topological polar surface area (TPSA) is 38.7 Å². The van der Waals surface area contributed by atoms with Gasteiger partial charge in [-0.15, -0.1) is 0 Å². The Morgan fingerprint density at radius 2 is 2.00 bits per heavy atom.